The highest BCUT2D eigenvalue weighted by molar-refractivity contribution is 6.03. The normalized spacial score (nSPS) is 15.6. The second-order valence-electron chi connectivity index (χ2n) is 8.81. The Morgan fingerprint density at radius 3 is 2.20 bits per heavy atom. The van der Waals surface area contributed by atoms with E-state index in [0.717, 1.165) is 23.4 Å². The van der Waals surface area contributed by atoms with Crippen LogP contribution in [0.15, 0.2) is 66.0 Å². The molecule has 1 saturated heterocycles. The average Bonchev–Trinajstić information content (AvgIpc) is 3.39. The number of benzene rings is 2. The van der Waals surface area contributed by atoms with Gasteiger partial charge in [-0.15, -0.1) is 0 Å². The number of allylic oxidation sites excluding steroid dienone is 1. The molecule has 8 heteroatoms. The topological polar surface area (TPSA) is 96.7 Å². The highest BCUT2D eigenvalue weighted by Crippen LogP contribution is 2.40. The lowest BCUT2D eigenvalue weighted by atomic mass is 10.0. The highest BCUT2D eigenvalue weighted by Gasteiger charge is 2.31. The van der Waals surface area contributed by atoms with Gasteiger partial charge in [-0.25, -0.2) is 0 Å². The number of nitrogens with one attached hydrogen (secondary N) is 1. The van der Waals surface area contributed by atoms with Gasteiger partial charge in [0.15, 0.2) is 5.78 Å². The highest BCUT2D eigenvalue weighted by atomic mass is 16.2. The van der Waals surface area contributed by atoms with E-state index in [1.807, 2.05) is 78.5 Å². The molecule has 1 unspecified atom stereocenters. The maximum atomic E-state index is 13.0. The molecule has 0 bridgehead atoms. The first kappa shape index (κ1) is 24.0. The van der Waals surface area contributed by atoms with E-state index in [2.05, 4.69) is 11.4 Å². The summed E-state index contributed by atoms with van der Waals surface area (Å²) in [6.07, 6.45) is 1.22. The predicted molar refractivity (Wildman–Crippen MR) is 133 cm³/mol. The maximum Gasteiger partial charge on any atom is 0.222 e. The van der Waals surface area contributed by atoms with E-state index >= 15 is 0 Å². The van der Waals surface area contributed by atoms with Gasteiger partial charge in [0.25, 0.3) is 0 Å². The Balaban J connectivity index is 1.44. The lowest BCUT2D eigenvalue weighted by Gasteiger charge is -2.25. The molecule has 180 valence electrons. The molecule has 4 rings (SSSR count). The fourth-order valence-electron chi connectivity index (χ4n) is 4.71. The van der Waals surface area contributed by atoms with E-state index in [4.69, 9.17) is 0 Å². The molecule has 2 aliphatic heterocycles. The summed E-state index contributed by atoms with van der Waals surface area (Å²) in [6, 6.07) is 18.9. The van der Waals surface area contributed by atoms with Gasteiger partial charge in [0, 0.05) is 46.4 Å². The van der Waals surface area contributed by atoms with Gasteiger partial charge < -0.3 is 20.0 Å². The Kier molecular flexibility index (Phi) is 7.16. The second-order valence-corrected chi connectivity index (χ2v) is 8.81. The van der Waals surface area contributed by atoms with Gasteiger partial charge in [-0.2, -0.15) is 5.26 Å². The molecule has 1 fully saturated rings. The van der Waals surface area contributed by atoms with E-state index in [0.29, 0.717) is 25.3 Å². The van der Waals surface area contributed by atoms with Crippen molar-refractivity contribution in [2.45, 2.75) is 31.7 Å². The number of nitriles is 1. The molecule has 1 N–H and O–H groups in total. The summed E-state index contributed by atoms with van der Waals surface area (Å²) in [5, 5.41) is 12.8. The number of likely N-dealkylation sites (tertiary alicyclic amines) is 1. The molecule has 0 aromatic heterocycles. The van der Waals surface area contributed by atoms with Crippen molar-refractivity contribution in [2.24, 2.45) is 0 Å². The fraction of sp³-hybridized carbons (Fsp3) is 0.333. The van der Waals surface area contributed by atoms with Gasteiger partial charge >= 0.3 is 0 Å². The van der Waals surface area contributed by atoms with E-state index < -0.39 is 0 Å². The van der Waals surface area contributed by atoms with Crippen molar-refractivity contribution in [2.75, 3.05) is 37.0 Å². The summed E-state index contributed by atoms with van der Waals surface area (Å²) >= 11 is 0. The van der Waals surface area contributed by atoms with Crippen LogP contribution in [0.25, 0.3) is 0 Å². The Bertz CT molecular complexity index is 1170. The largest absolute Gasteiger partial charge is 0.347 e. The number of anilines is 2. The maximum absolute atomic E-state index is 13.0. The van der Waals surface area contributed by atoms with Crippen LogP contribution < -0.4 is 15.1 Å². The van der Waals surface area contributed by atoms with Crippen LogP contribution in [0.4, 0.5) is 11.4 Å². The molecule has 0 spiro atoms. The van der Waals surface area contributed by atoms with E-state index in [9.17, 15) is 19.6 Å². The van der Waals surface area contributed by atoms with Crippen LogP contribution >= 0.6 is 0 Å². The predicted octanol–water partition coefficient (Wildman–Crippen LogP) is 3.14. The SMILES string of the molecule is CN1C(=C(C#N)C(=O)CCC(=O)NC(CN2CCCC2=O)c2ccccc2)N(C)c2ccccc21. The quantitative estimate of drug-likeness (QED) is 0.469. The molecule has 2 aromatic rings. The van der Waals surface area contributed by atoms with E-state index in [-0.39, 0.29) is 42.1 Å². The molecule has 2 amide bonds. The average molecular weight is 472 g/mol. The minimum Gasteiger partial charge on any atom is -0.347 e. The zero-order valence-corrected chi connectivity index (χ0v) is 20.0. The van der Waals surface area contributed by atoms with Crippen LogP contribution in [0.3, 0.4) is 0 Å². The summed E-state index contributed by atoms with van der Waals surface area (Å²) < 4.78 is 0. The van der Waals surface area contributed by atoms with Gasteiger partial charge in [0.1, 0.15) is 17.5 Å². The molecule has 1 atom stereocenters. The van der Waals surface area contributed by atoms with Crippen LogP contribution in [0, 0.1) is 11.3 Å². The Morgan fingerprint density at radius 1 is 1.00 bits per heavy atom. The van der Waals surface area contributed by atoms with Crippen molar-refractivity contribution in [3.05, 3.63) is 71.6 Å². The zero-order chi connectivity index (χ0) is 24.9. The Morgan fingerprint density at radius 2 is 1.63 bits per heavy atom. The number of ketones is 1. The van der Waals surface area contributed by atoms with Crippen LogP contribution in [-0.2, 0) is 14.4 Å². The summed E-state index contributed by atoms with van der Waals surface area (Å²) in [7, 11) is 3.64. The third-order valence-corrected chi connectivity index (χ3v) is 6.54. The van der Waals surface area contributed by atoms with Gasteiger partial charge in [0.2, 0.25) is 11.8 Å². The summed E-state index contributed by atoms with van der Waals surface area (Å²) in [5.41, 5.74) is 2.75. The molecule has 0 saturated carbocycles. The number of nitrogens with zero attached hydrogens (tertiary/aromatic N) is 4. The van der Waals surface area contributed by atoms with Crippen molar-refractivity contribution in [3.8, 4) is 6.07 Å². The summed E-state index contributed by atoms with van der Waals surface area (Å²) in [4.78, 5) is 43.4. The number of hydrogen-bond donors (Lipinski definition) is 1. The minimum atomic E-state index is -0.380. The molecule has 35 heavy (non-hydrogen) atoms. The van der Waals surface area contributed by atoms with Crippen LogP contribution in [0.1, 0.15) is 37.3 Å². The molecule has 2 heterocycles. The van der Waals surface area contributed by atoms with Crippen molar-refractivity contribution in [3.63, 3.8) is 0 Å². The van der Waals surface area contributed by atoms with E-state index in [1.54, 1.807) is 4.90 Å². The van der Waals surface area contributed by atoms with Crippen LogP contribution in [0.2, 0.25) is 0 Å². The lowest BCUT2D eigenvalue weighted by molar-refractivity contribution is -0.129. The molecular weight excluding hydrogens is 442 g/mol. The lowest BCUT2D eigenvalue weighted by Crippen LogP contribution is -2.38. The number of amides is 2. The number of Topliss-reactive ketones (excluding diaryl/α,β-unsaturated/α-hetero) is 1. The summed E-state index contributed by atoms with van der Waals surface area (Å²) in [6.45, 7) is 1.07. The number of fused-ring (bicyclic) bond motifs is 1. The number of carbonyl (C=O) groups is 3. The van der Waals surface area contributed by atoms with Crippen LogP contribution in [-0.4, -0.2) is 49.7 Å². The van der Waals surface area contributed by atoms with Gasteiger partial charge in [-0.05, 0) is 24.1 Å². The van der Waals surface area contributed by atoms with Crippen molar-refractivity contribution in [1.29, 1.82) is 5.26 Å². The van der Waals surface area contributed by atoms with Gasteiger partial charge in [-0.1, -0.05) is 42.5 Å². The number of carbonyl (C=O) groups excluding carboxylic acids is 3. The minimum absolute atomic E-state index is 0.0290. The zero-order valence-electron chi connectivity index (χ0n) is 20.0. The monoisotopic (exact) mass is 471 g/mol. The van der Waals surface area contributed by atoms with Crippen molar-refractivity contribution in [1.82, 2.24) is 10.2 Å². The first-order valence-electron chi connectivity index (χ1n) is 11.8. The first-order valence-corrected chi connectivity index (χ1v) is 11.8. The standard InChI is InChI=1S/C27H29N5O3/c1-30-22-11-6-7-12-23(22)31(2)27(30)20(17-28)24(33)14-15-25(34)29-21(19-9-4-3-5-10-19)18-32-16-8-13-26(32)35/h3-7,9-12,21H,8,13-16,18H2,1-2H3,(H,29,34). The fourth-order valence-corrected chi connectivity index (χ4v) is 4.71. The number of para-hydroxylation sites is 2. The summed E-state index contributed by atoms with van der Waals surface area (Å²) in [5.74, 6) is -0.0760. The Labute approximate surface area is 205 Å². The molecule has 2 aliphatic rings. The molecular formula is C27H29N5O3. The van der Waals surface area contributed by atoms with Crippen LogP contribution in [0.5, 0.6) is 0 Å². The van der Waals surface area contributed by atoms with E-state index in [1.165, 1.54) is 0 Å². The molecule has 0 aliphatic carbocycles. The Hall–Kier alpha value is -4.12. The molecule has 2 aromatic carbocycles. The number of hydrogen-bond acceptors (Lipinski definition) is 6. The van der Waals surface area contributed by atoms with Crippen molar-refractivity contribution < 1.29 is 14.4 Å². The van der Waals surface area contributed by atoms with Crippen molar-refractivity contribution >= 4 is 29.0 Å². The third-order valence-electron chi connectivity index (χ3n) is 6.54. The van der Waals surface area contributed by atoms with Gasteiger partial charge in [0.05, 0.1) is 17.4 Å². The third kappa shape index (κ3) is 5.04. The number of rotatable bonds is 8. The smallest absolute Gasteiger partial charge is 0.222 e. The molecule has 8 nitrogen and oxygen atoms in total. The second kappa shape index (κ2) is 10.4. The first-order chi connectivity index (χ1) is 16.9. The van der Waals surface area contributed by atoms with Gasteiger partial charge in [-0.3, -0.25) is 14.4 Å². The molecule has 0 radical (unpaired) electrons.